The summed E-state index contributed by atoms with van der Waals surface area (Å²) in [4.78, 5) is 24.3. The predicted molar refractivity (Wildman–Crippen MR) is 109 cm³/mol. The number of hydrogen-bond acceptors (Lipinski definition) is 8. The second-order valence-electron chi connectivity index (χ2n) is 7.42. The van der Waals surface area contributed by atoms with Crippen molar-refractivity contribution in [1.29, 1.82) is 0 Å². The topological polar surface area (TPSA) is 89.5 Å². The summed E-state index contributed by atoms with van der Waals surface area (Å²) >= 11 is 0. The van der Waals surface area contributed by atoms with Crippen molar-refractivity contribution in [3.63, 3.8) is 0 Å². The molecule has 0 radical (unpaired) electrons. The molecule has 0 unspecified atom stereocenters. The van der Waals surface area contributed by atoms with Crippen molar-refractivity contribution < 1.29 is 38.0 Å². The number of hydrogen-bond donors (Lipinski definition) is 0. The Hall–Kier alpha value is -1.42. The van der Waals surface area contributed by atoms with Gasteiger partial charge < -0.3 is 28.4 Å². The van der Waals surface area contributed by atoms with Crippen LogP contribution in [0.15, 0.2) is 25.3 Å². The predicted octanol–water partition coefficient (Wildman–Crippen LogP) is 2.35. The molecule has 2 rings (SSSR count). The molecule has 0 amide bonds. The molecule has 170 valence electrons. The van der Waals surface area contributed by atoms with Crippen molar-refractivity contribution in [2.75, 3.05) is 26.4 Å². The molecule has 2 aliphatic heterocycles. The van der Waals surface area contributed by atoms with E-state index in [-0.39, 0.29) is 36.6 Å². The Labute approximate surface area is 178 Å². The van der Waals surface area contributed by atoms with Gasteiger partial charge in [-0.05, 0) is 26.7 Å². The number of carbonyl (C=O) groups excluding carboxylic acids is 2. The first-order chi connectivity index (χ1) is 14.5. The van der Waals surface area contributed by atoms with Crippen LogP contribution in [0, 0.1) is 0 Å². The van der Waals surface area contributed by atoms with Crippen LogP contribution in [0.5, 0.6) is 0 Å². The third-order valence-corrected chi connectivity index (χ3v) is 4.89. The Morgan fingerprint density at radius 2 is 1.20 bits per heavy atom. The van der Waals surface area contributed by atoms with E-state index in [9.17, 15) is 9.59 Å². The van der Waals surface area contributed by atoms with Crippen LogP contribution in [-0.2, 0) is 38.0 Å². The maximum atomic E-state index is 12.2. The number of rotatable bonds is 13. The zero-order valence-electron chi connectivity index (χ0n) is 18.0. The van der Waals surface area contributed by atoms with E-state index in [1.807, 2.05) is 0 Å². The fourth-order valence-electron chi connectivity index (χ4n) is 3.43. The molecule has 0 aromatic carbocycles. The number of Topliss-reactive ketones (excluding diaryl/α,β-unsaturated/α-hetero) is 2. The number of carbonyl (C=O) groups is 2. The largest absolute Gasteiger partial charge is 0.364 e. The maximum absolute atomic E-state index is 12.2. The lowest BCUT2D eigenvalue weighted by molar-refractivity contribution is -0.222. The van der Waals surface area contributed by atoms with Crippen LogP contribution >= 0.6 is 0 Å². The smallest absolute Gasteiger partial charge is 0.169 e. The van der Waals surface area contributed by atoms with Gasteiger partial charge in [-0.2, -0.15) is 0 Å². The Morgan fingerprint density at radius 3 is 1.53 bits per heavy atom. The van der Waals surface area contributed by atoms with Crippen LogP contribution in [-0.4, -0.2) is 75.0 Å². The molecule has 30 heavy (non-hydrogen) atoms. The molecule has 8 heteroatoms. The molecule has 2 heterocycles. The summed E-state index contributed by atoms with van der Waals surface area (Å²) < 4.78 is 33.7. The van der Waals surface area contributed by atoms with Crippen molar-refractivity contribution in [2.24, 2.45) is 0 Å². The molecule has 0 saturated carbocycles. The minimum absolute atomic E-state index is 0.0208. The Morgan fingerprint density at radius 1 is 0.800 bits per heavy atom. The zero-order valence-corrected chi connectivity index (χ0v) is 18.0. The van der Waals surface area contributed by atoms with Crippen molar-refractivity contribution in [3.05, 3.63) is 25.3 Å². The highest BCUT2D eigenvalue weighted by Crippen LogP contribution is 2.22. The lowest BCUT2D eigenvalue weighted by atomic mass is 10.0. The van der Waals surface area contributed by atoms with E-state index in [0.29, 0.717) is 26.4 Å². The molecular formula is C22H34O8. The molecule has 2 fully saturated rings. The molecule has 0 bridgehead atoms. The molecule has 0 spiro atoms. The molecule has 6 atom stereocenters. The van der Waals surface area contributed by atoms with Gasteiger partial charge in [-0.25, -0.2) is 0 Å². The SMILES string of the molecule is C=CCO[C@@H]1C(=O)C[C@H](OCCCCO[C@H]2CC(=O)[C@@H](OCC=C)[C@H](C)O2)O[C@H]1C. The highest BCUT2D eigenvalue weighted by atomic mass is 16.7. The molecule has 0 aliphatic carbocycles. The summed E-state index contributed by atoms with van der Waals surface area (Å²) in [5, 5.41) is 0. The summed E-state index contributed by atoms with van der Waals surface area (Å²) in [6, 6.07) is 0. The number of ether oxygens (including phenoxy) is 6. The molecule has 0 N–H and O–H groups in total. The highest BCUT2D eigenvalue weighted by Gasteiger charge is 2.37. The van der Waals surface area contributed by atoms with Gasteiger partial charge in [0.05, 0.1) is 38.3 Å². The van der Waals surface area contributed by atoms with Crippen LogP contribution in [0.3, 0.4) is 0 Å². The Balaban J connectivity index is 1.57. The van der Waals surface area contributed by atoms with Crippen LogP contribution in [0.25, 0.3) is 0 Å². The molecule has 8 nitrogen and oxygen atoms in total. The maximum Gasteiger partial charge on any atom is 0.169 e. The van der Waals surface area contributed by atoms with E-state index in [1.54, 1.807) is 26.0 Å². The molecule has 2 aliphatic rings. The van der Waals surface area contributed by atoms with Crippen LogP contribution in [0.2, 0.25) is 0 Å². The van der Waals surface area contributed by atoms with Crippen LogP contribution < -0.4 is 0 Å². The molecule has 0 aromatic heterocycles. The van der Waals surface area contributed by atoms with Gasteiger partial charge in [0.25, 0.3) is 0 Å². The standard InChI is InChI=1S/C22H34O8/c1-5-9-27-21-15(3)29-19(13-17(21)23)25-11-7-8-12-26-20-14-18(24)22(16(4)30-20)28-10-6-2/h5-6,15-16,19-22H,1-2,7-14H2,3-4H3/t15-,16-,19+,20+,21-,22-/m0/s1. The fraction of sp³-hybridized carbons (Fsp3) is 0.727. The van der Waals surface area contributed by atoms with E-state index in [2.05, 4.69) is 13.2 Å². The average molecular weight is 427 g/mol. The van der Waals surface area contributed by atoms with Gasteiger partial charge in [0, 0.05) is 13.2 Å². The number of ketones is 2. The third kappa shape index (κ3) is 7.68. The van der Waals surface area contributed by atoms with Gasteiger partial charge in [-0.3, -0.25) is 9.59 Å². The summed E-state index contributed by atoms with van der Waals surface area (Å²) in [7, 11) is 0. The lowest BCUT2D eigenvalue weighted by Crippen LogP contribution is -2.46. The second kappa shape index (κ2) is 13.1. The van der Waals surface area contributed by atoms with Crippen molar-refractivity contribution in [3.8, 4) is 0 Å². The highest BCUT2D eigenvalue weighted by molar-refractivity contribution is 5.85. The molecular weight excluding hydrogens is 392 g/mol. The van der Waals surface area contributed by atoms with Gasteiger partial charge in [-0.15, -0.1) is 13.2 Å². The van der Waals surface area contributed by atoms with Gasteiger partial charge in [0.1, 0.15) is 12.2 Å². The fourth-order valence-corrected chi connectivity index (χ4v) is 3.43. The van der Waals surface area contributed by atoms with Gasteiger partial charge in [0.2, 0.25) is 0 Å². The molecule has 0 aromatic rings. The van der Waals surface area contributed by atoms with Gasteiger partial charge >= 0.3 is 0 Å². The van der Waals surface area contributed by atoms with Crippen molar-refractivity contribution in [2.45, 2.75) is 76.5 Å². The number of unbranched alkanes of at least 4 members (excludes halogenated alkanes) is 1. The first kappa shape index (κ1) is 24.8. The summed E-state index contributed by atoms with van der Waals surface area (Å²) in [6.45, 7) is 12.3. The Kier molecular flexibility index (Phi) is 10.8. The van der Waals surface area contributed by atoms with Crippen LogP contribution in [0.4, 0.5) is 0 Å². The van der Waals surface area contributed by atoms with E-state index >= 15 is 0 Å². The van der Waals surface area contributed by atoms with E-state index < -0.39 is 24.8 Å². The summed E-state index contributed by atoms with van der Waals surface area (Å²) in [5.74, 6) is -0.0416. The summed E-state index contributed by atoms with van der Waals surface area (Å²) in [5.41, 5.74) is 0. The second-order valence-corrected chi connectivity index (χ2v) is 7.42. The first-order valence-corrected chi connectivity index (χ1v) is 10.5. The monoisotopic (exact) mass is 426 g/mol. The average Bonchev–Trinajstić information content (AvgIpc) is 2.69. The van der Waals surface area contributed by atoms with Gasteiger partial charge in [-0.1, -0.05) is 12.2 Å². The first-order valence-electron chi connectivity index (χ1n) is 10.5. The van der Waals surface area contributed by atoms with E-state index in [4.69, 9.17) is 28.4 Å². The van der Waals surface area contributed by atoms with Crippen molar-refractivity contribution >= 4 is 11.6 Å². The minimum atomic E-state index is -0.571. The normalized spacial score (nSPS) is 32.2. The van der Waals surface area contributed by atoms with E-state index in [1.165, 1.54) is 0 Å². The van der Waals surface area contributed by atoms with Gasteiger partial charge in [0.15, 0.2) is 24.1 Å². The quantitative estimate of drug-likeness (QED) is 0.328. The van der Waals surface area contributed by atoms with Crippen molar-refractivity contribution in [1.82, 2.24) is 0 Å². The third-order valence-electron chi connectivity index (χ3n) is 4.89. The lowest BCUT2D eigenvalue weighted by Gasteiger charge is -2.33. The van der Waals surface area contributed by atoms with E-state index in [0.717, 1.165) is 12.8 Å². The Bertz CT molecular complexity index is 527. The minimum Gasteiger partial charge on any atom is -0.364 e. The summed E-state index contributed by atoms with van der Waals surface area (Å²) in [6.07, 6.45) is 2.07. The molecule has 2 saturated heterocycles. The van der Waals surface area contributed by atoms with Crippen LogP contribution in [0.1, 0.15) is 39.5 Å². The zero-order chi connectivity index (χ0) is 21.9.